The minimum atomic E-state index is -0.547. The van der Waals surface area contributed by atoms with Crippen molar-refractivity contribution in [2.45, 2.75) is 59.0 Å². The quantitative estimate of drug-likeness (QED) is 0.449. The molecule has 4 heteroatoms. The minimum Gasteiger partial charge on any atom is -0.456 e. The number of ether oxygens (including phenoxy) is 1. The first kappa shape index (κ1) is 18.2. The van der Waals surface area contributed by atoms with E-state index >= 15 is 0 Å². The SMILES string of the molecule is Cc1cccc(C(=O)OC(C)(C)CCCC(C)CC=O)c1N. The highest BCUT2D eigenvalue weighted by atomic mass is 16.6. The van der Waals surface area contributed by atoms with Crippen molar-refractivity contribution in [2.75, 3.05) is 5.73 Å². The Balaban J connectivity index is 2.58. The molecule has 0 aromatic heterocycles. The summed E-state index contributed by atoms with van der Waals surface area (Å²) < 4.78 is 5.61. The van der Waals surface area contributed by atoms with Crippen LogP contribution < -0.4 is 5.73 Å². The van der Waals surface area contributed by atoms with E-state index < -0.39 is 5.60 Å². The van der Waals surface area contributed by atoms with E-state index in [-0.39, 0.29) is 5.97 Å². The molecule has 1 atom stereocenters. The van der Waals surface area contributed by atoms with Crippen LogP contribution in [0.4, 0.5) is 5.69 Å². The number of nitrogen functional groups attached to an aromatic ring is 1. The molecular formula is C18H27NO3. The summed E-state index contributed by atoms with van der Waals surface area (Å²) in [5, 5.41) is 0. The number of rotatable bonds is 8. The molecule has 1 aromatic carbocycles. The number of nitrogens with two attached hydrogens (primary N) is 1. The van der Waals surface area contributed by atoms with E-state index in [1.807, 2.05) is 26.8 Å². The summed E-state index contributed by atoms with van der Waals surface area (Å²) in [6, 6.07) is 5.36. The largest absolute Gasteiger partial charge is 0.456 e. The summed E-state index contributed by atoms with van der Waals surface area (Å²) in [5.41, 5.74) is 7.16. The lowest BCUT2D eigenvalue weighted by atomic mass is 9.95. The molecule has 0 fully saturated rings. The minimum absolute atomic E-state index is 0.372. The molecule has 0 spiro atoms. The topological polar surface area (TPSA) is 69.4 Å². The van der Waals surface area contributed by atoms with Gasteiger partial charge in [0.1, 0.15) is 11.9 Å². The average molecular weight is 305 g/mol. The number of hydrogen-bond donors (Lipinski definition) is 1. The van der Waals surface area contributed by atoms with Crippen LogP contribution in [-0.4, -0.2) is 17.9 Å². The molecule has 0 radical (unpaired) electrons. The van der Waals surface area contributed by atoms with Crippen molar-refractivity contribution in [2.24, 2.45) is 5.92 Å². The Labute approximate surface area is 133 Å². The van der Waals surface area contributed by atoms with Gasteiger partial charge in [-0.1, -0.05) is 25.5 Å². The van der Waals surface area contributed by atoms with Crippen molar-refractivity contribution in [3.8, 4) is 0 Å². The van der Waals surface area contributed by atoms with Gasteiger partial charge in [0.25, 0.3) is 0 Å². The number of hydrogen-bond acceptors (Lipinski definition) is 4. The Morgan fingerprint density at radius 3 is 2.73 bits per heavy atom. The maximum Gasteiger partial charge on any atom is 0.340 e. The molecule has 0 bridgehead atoms. The summed E-state index contributed by atoms with van der Waals surface area (Å²) >= 11 is 0. The zero-order chi connectivity index (χ0) is 16.8. The number of esters is 1. The van der Waals surface area contributed by atoms with Gasteiger partial charge < -0.3 is 15.3 Å². The Morgan fingerprint density at radius 1 is 1.41 bits per heavy atom. The lowest BCUT2D eigenvalue weighted by molar-refractivity contribution is -0.108. The summed E-state index contributed by atoms with van der Waals surface area (Å²) in [7, 11) is 0. The van der Waals surface area contributed by atoms with Gasteiger partial charge in [-0.3, -0.25) is 0 Å². The van der Waals surface area contributed by atoms with Gasteiger partial charge in [-0.25, -0.2) is 4.79 Å². The van der Waals surface area contributed by atoms with Gasteiger partial charge in [0, 0.05) is 12.1 Å². The fourth-order valence-corrected chi connectivity index (χ4v) is 2.37. The van der Waals surface area contributed by atoms with E-state index in [0.29, 0.717) is 23.6 Å². The number of carbonyl (C=O) groups is 2. The van der Waals surface area contributed by atoms with E-state index in [1.54, 1.807) is 12.1 Å². The van der Waals surface area contributed by atoms with Gasteiger partial charge in [-0.15, -0.1) is 0 Å². The van der Waals surface area contributed by atoms with Crippen molar-refractivity contribution in [1.82, 2.24) is 0 Å². The van der Waals surface area contributed by atoms with Gasteiger partial charge >= 0.3 is 5.97 Å². The van der Waals surface area contributed by atoms with Crippen molar-refractivity contribution in [3.63, 3.8) is 0 Å². The fraction of sp³-hybridized carbons (Fsp3) is 0.556. The second-order valence-corrected chi connectivity index (χ2v) is 6.59. The molecular weight excluding hydrogens is 278 g/mol. The van der Waals surface area contributed by atoms with Crippen molar-refractivity contribution in [1.29, 1.82) is 0 Å². The molecule has 0 aliphatic heterocycles. The van der Waals surface area contributed by atoms with Gasteiger partial charge in [0.2, 0.25) is 0 Å². The van der Waals surface area contributed by atoms with Crippen LogP contribution in [0.5, 0.6) is 0 Å². The number of anilines is 1. The Hall–Kier alpha value is -1.84. The summed E-state index contributed by atoms with van der Waals surface area (Å²) in [6.45, 7) is 7.73. The van der Waals surface area contributed by atoms with Crippen LogP contribution >= 0.6 is 0 Å². The predicted octanol–water partition coefficient (Wildman–Crippen LogP) is 3.91. The molecule has 0 saturated carbocycles. The van der Waals surface area contributed by atoms with Gasteiger partial charge in [0.05, 0.1) is 5.56 Å². The number of aryl methyl sites for hydroxylation is 1. The molecule has 1 aromatic rings. The average Bonchev–Trinajstić information content (AvgIpc) is 2.41. The fourth-order valence-electron chi connectivity index (χ4n) is 2.37. The van der Waals surface area contributed by atoms with Crippen LogP contribution in [0.1, 0.15) is 62.4 Å². The zero-order valence-corrected chi connectivity index (χ0v) is 14.0. The Bertz CT molecular complexity index is 523. The molecule has 4 nitrogen and oxygen atoms in total. The molecule has 1 unspecified atom stereocenters. The number of para-hydroxylation sites is 1. The Kier molecular flexibility index (Phi) is 6.60. The van der Waals surface area contributed by atoms with Crippen LogP contribution in [0.2, 0.25) is 0 Å². The number of benzene rings is 1. The van der Waals surface area contributed by atoms with Gasteiger partial charge in [0.15, 0.2) is 0 Å². The van der Waals surface area contributed by atoms with E-state index in [9.17, 15) is 9.59 Å². The van der Waals surface area contributed by atoms with Crippen molar-refractivity contribution >= 4 is 17.9 Å². The van der Waals surface area contributed by atoms with E-state index in [2.05, 4.69) is 6.92 Å². The monoisotopic (exact) mass is 305 g/mol. The maximum absolute atomic E-state index is 12.3. The maximum atomic E-state index is 12.3. The van der Waals surface area contributed by atoms with Crippen LogP contribution in [-0.2, 0) is 9.53 Å². The predicted molar refractivity (Wildman–Crippen MR) is 88.8 cm³/mol. The lowest BCUT2D eigenvalue weighted by Gasteiger charge is -2.26. The van der Waals surface area contributed by atoms with Crippen LogP contribution in [0.25, 0.3) is 0 Å². The first-order chi connectivity index (χ1) is 10.3. The van der Waals surface area contributed by atoms with E-state index in [4.69, 9.17) is 10.5 Å². The highest BCUT2D eigenvalue weighted by Gasteiger charge is 2.24. The Morgan fingerprint density at radius 2 is 2.09 bits per heavy atom. The number of carbonyl (C=O) groups excluding carboxylic acids is 2. The summed E-state index contributed by atoms with van der Waals surface area (Å²) in [6.07, 6.45) is 4.16. The summed E-state index contributed by atoms with van der Waals surface area (Å²) in [5.74, 6) is -0.0106. The highest BCUT2D eigenvalue weighted by Crippen LogP contribution is 2.24. The first-order valence-electron chi connectivity index (χ1n) is 7.79. The standard InChI is InChI=1S/C18H27NO3/c1-13(10-12-20)7-6-11-18(3,4)22-17(21)15-9-5-8-14(2)16(15)19/h5,8-9,12-13H,6-7,10-11,19H2,1-4H3. The molecule has 0 amide bonds. The normalized spacial score (nSPS) is 12.7. The molecule has 0 aliphatic rings. The van der Waals surface area contributed by atoms with Gasteiger partial charge in [-0.05, 0) is 51.2 Å². The van der Waals surface area contributed by atoms with Crippen molar-refractivity contribution in [3.05, 3.63) is 29.3 Å². The molecule has 0 aliphatic carbocycles. The molecule has 0 saturated heterocycles. The third kappa shape index (κ3) is 5.51. The zero-order valence-electron chi connectivity index (χ0n) is 14.0. The van der Waals surface area contributed by atoms with Crippen molar-refractivity contribution < 1.29 is 14.3 Å². The second-order valence-electron chi connectivity index (χ2n) is 6.59. The smallest absolute Gasteiger partial charge is 0.340 e. The molecule has 0 heterocycles. The molecule has 22 heavy (non-hydrogen) atoms. The highest BCUT2D eigenvalue weighted by molar-refractivity contribution is 5.96. The first-order valence-corrected chi connectivity index (χ1v) is 7.79. The van der Waals surface area contributed by atoms with E-state index in [0.717, 1.165) is 31.1 Å². The van der Waals surface area contributed by atoms with Crippen LogP contribution in [0.15, 0.2) is 18.2 Å². The van der Waals surface area contributed by atoms with E-state index in [1.165, 1.54) is 0 Å². The van der Waals surface area contributed by atoms with Gasteiger partial charge in [-0.2, -0.15) is 0 Å². The number of aldehydes is 1. The third-order valence-corrected chi connectivity index (χ3v) is 3.89. The summed E-state index contributed by atoms with van der Waals surface area (Å²) in [4.78, 5) is 22.7. The molecule has 1 rings (SSSR count). The molecule has 2 N–H and O–H groups in total. The lowest BCUT2D eigenvalue weighted by Crippen LogP contribution is -2.28. The van der Waals surface area contributed by atoms with Crippen LogP contribution in [0.3, 0.4) is 0 Å². The molecule has 122 valence electrons. The second kappa shape index (κ2) is 7.97. The van der Waals surface area contributed by atoms with Crippen LogP contribution in [0, 0.1) is 12.8 Å². The third-order valence-electron chi connectivity index (χ3n) is 3.89.